The van der Waals surface area contributed by atoms with Gasteiger partial charge < -0.3 is 9.47 Å². The molecule has 0 amide bonds. The van der Waals surface area contributed by atoms with Gasteiger partial charge in [0, 0.05) is 52.1 Å². The molecule has 192 valence electrons. The van der Waals surface area contributed by atoms with Gasteiger partial charge >= 0.3 is 0 Å². The minimum atomic E-state index is 0.108. The van der Waals surface area contributed by atoms with E-state index in [4.69, 9.17) is 9.47 Å². The van der Waals surface area contributed by atoms with Gasteiger partial charge in [-0.15, -0.1) is 0 Å². The lowest BCUT2D eigenvalue weighted by Gasteiger charge is -2.40. The monoisotopic (exact) mass is 490 g/mol. The van der Waals surface area contributed by atoms with Crippen molar-refractivity contribution in [1.82, 2.24) is 9.80 Å². The van der Waals surface area contributed by atoms with Crippen molar-refractivity contribution in [3.8, 4) is 0 Å². The van der Waals surface area contributed by atoms with Gasteiger partial charge in [0.15, 0.2) is 0 Å². The summed E-state index contributed by atoms with van der Waals surface area (Å²) in [5.41, 5.74) is 2.64. The fourth-order valence-electron chi connectivity index (χ4n) is 5.98. The lowest BCUT2D eigenvalue weighted by atomic mass is 9.87. The van der Waals surface area contributed by atoms with Crippen molar-refractivity contribution in [2.75, 3.05) is 39.4 Å². The van der Waals surface area contributed by atoms with Crippen LogP contribution in [-0.4, -0.2) is 73.0 Å². The highest BCUT2D eigenvalue weighted by Gasteiger charge is 2.38. The molecule has 4 aliphatic heterocycles. The number of carbonyl (C=O) groups excluding carboxylic acids is 2. The average Bonchev–Trinajstić information content (AvgIpc) is 2.91. The number of hydrogen-bond acceptors (Lipinski definition) is 6. The SMILES string of the molecule is O=C1CCO[C@@H]2CCN(Cc3ccccc3)C[C@@H]12.O=C1CCO[C@H]2CCN(Cc3ccccc3)C[C@H]12. The van der Waals surface area contributed by atoms with Gasteiger partial charge in [0.2, 0.25) is 0 Å². The van der Waals surface area contributed by atoms with Gasteiger partial charge in [-0.05, 0) is 24.0 Å². The van der Waals surface area contributed by atoms with Crippen LogP contribution in [0.2, 0.25) is 0 Å². The van der Waals surface area contributed by atoms with Crippen LogP contribution in [0.15, 0.2) is 60.7 Å². The maximum Gasteiger partial charge on any atom is 0.142 e. The number of ketones is 2. The quantitative estimate of drug-likeness (QED) is 0.651. The Morgan fingerprint density at radius 2 is 1.06 bits per heavy atom. The van der Waals surface area contributed by atoms with E-state index in [1.807, 2.05) is 12.1 Å². The second kappa shape index (κ2) is 12.2. The molecule has 4 atom stereocenters. The third-order valence-electron chi connectivity index (χ3n) is 7.95. The minimum absolute atomic E-state index is 0.108. The molecule has 0 unspecified atom stereocenters. The van der Waals surface area contributed by atoms with E-state index < -0.39 is 0 Å². The van der Waals surface area contributed by atoms with Crippen molar-refractivity contribution in [1.29, 1.82) is 0 Å². The molecule has 0 aliphatic carbocycles. The van der Waals surface area contributed by atoms with Crippen molar-refractivity contribution in [2.45, 2.75) is 51.0 Å². The fourth-order valence-corrected chi connectivity index (χ4v) is 5.98. The highest BCUT2D eigenvalue weighted by atomic mass is 16.5. The number of hydrogen-bond donors (Lipinski definition) is 0. The van der Waals surface area contributed by atoms with E-state index in [2.05, 4.69) is 58.3 Å². The summed E-state index contributed by atoms with van der Waals surface area (Å²) >= 11 is 0. The number of fused-ring (bicyclic) bond motifs is 2. The molecule has 2 aromatic rings. The third-order valence-corrected chi connectivity index (χ3v) is 7.95. The average molecular weight is 491 g/mol. The Morgan fingerprint density at radius 1 is 0.639 bits per heavy atom. The summed E-state index contributed by atoms with van der Waals surface area (Å²) in [6.07, 6.45) is 3.53. The molecule has 4 fully saturated rings. The van der Waals surface area contributed by atoms with Crippen molar-refractivity contribution >= 4 is 11.6 Å². The molecule has 6 rings (SSSR count). The lowest BCUT2D eigenvalue weighted by Crippen LogP contribution is -2.49. The van der Waals surface area contributed by atoms with Crippen molar-refractivity contribution in [3.05, 3.63) is 71.8 Å². The number of carbonyl (C=O) groups is 2. The smallest absolute Gasteiger partial charge is 0.142 e. The molecule has 0 aromatic heterocycles. The van der Waals surface area contributed by atoms with Crippen LogP contribution in [-0.2, 0) is 32.2 Å². The van der Waals surface area contributed by atoms with Gasteiger partial charge in [0.05, 0.1) is 37.3 Å². The maximum absolute atomic E-state index is 11.9. The van der Waals surface area contributed by atoms with Gasteiger partial charge in [-0.3, -0.25) is 19.4 Å². The third kappa shape index (κ3) is 6.48. The van der Waals surface area contributed by atoms with E-state index in [1.165, 1.54) is 11.1 Å². The zero-order valence-electron chi connectivity index (χ0n) is 21.1. The molecule has 0 spiro atoms. The van der Waals surface area contributed by atoms with Gasteiger partial charge in [-0.2, -0.15) is 0 Å². The Hall–Kier alpha value is -2.38. The van der Waals surface area contributed by atoms with Crippen molar-refractivity contribution in [2.24, 2.45) is 11.8 Å². The van der Waals surface area contributed by atoms with E-state index in [0.717, 1.165) is 52.1 Å². The van der Waals surface area contributed by atoms with E-state index in [-0.39, 0.29) is 24.0 Å². The minimum Gasteiger partial charge on any atom is -0.377 e. The molecule has 0 bridgehead atoms. The maximum atomic E-state index is 11.9. The summed E-state index contributed by atoms with van der Waals surface area (Å²) in [5, 5.41) is 0. The number of rotatable bonds is 4. The molecule has 6 heteroatoms. The molecule has 0 radical (unpaired) electrons. The normalized spacial score (nSPS) is 29.0. The number of benzene rings is 2. The first-order chi connectivity index (χ1) is 17.7. The predicted octanol–water partition coefficient (Wildman–Crippen LogP) is 3.73. The molecule has 0 N–H and O–H groups in total. The number of ether oxygens (including phenoxy) is 2. The summed E-state index contributed by atoms with van der Waals surface area (Å²) in [5.74, 6) is 1.00. The van der Waals surface area contributed by atoms with Crippen molar-refractivity contribution < 1.29 is 19.1 Å². The molecule has 4 saturated heterocycles. The summed E-state index contributed by atoms with van der Waals surface area (Å²) in [7, 11) is 0. The van der Waals surface area contributed by atoms with Crippen LogP contribution in [0.1, 0.15) is 36.8 Å². The van der Waals surface area contributed by atoms with Crippen LogP contribution in [0.25, 0.3) is 0 Å². The first kappa shape index (κ1) is 25.3. The van der Waals surface area contributed by atoms with Crippen LogP contribution in [0.4, 0.5) is 0 Å². The van der Waals surface area contributed by atoms with E-state index >= 15 is 0 Å². The summed E-state index contributed by atoms with van der Waals surface area (Å²) in [4.78, 5) is 28.6. The molecular weight excluding hydrogens is 452 g/mol. The molecular formula is C30H38N2O4. The van der Waals surface area contributed by atoms with Crippen LogP contribution < -0.4 is 0 Å². The van der Waals surface area contributed by atoms with Gasteiger partial charge in [0.1, 0.15) is 11.6 Å². The summed E-state index contributed by atoms with van der Waals surface area (Å²) < 4.78 is 11.4. The predicted molar refractivity (Wildman–Crippen MR) is 138 cm³/mol. The fraction of sp³-hybridized carbons (Fsp3) is 0.533. The molecule has 36 heavy (non-hydrogen) atoms. The van der Waals surface area contributed by atoms with Crippen LogP contribution in [0.3, 0.4) is 0 Å². The van der Waals surface area contributed by atoms with E-state index in [1.54, 1.807) is 0 Å². The Balaban J connectivity index is 0.000000148. The molecule has 6 nitrogen and oxygen atoms in total. The number of likely N-dealkylation sites (tertiary alicyclic amines) is 2. The van der Waals surface area contributed by atoms with Gasteiger partial charge in [-0.25, -0.2) is 0 Å². The zero-order chi connectivity index (χ0) is 24.7. The van der Waals surface area contributed by atoms with Crippen molar-refractivity contribution in [3.63, 3.8) is 0 Å². The van der Waals surface area contributed by atoms with Gasteiger partial charge in [0.25, 0.3) is 0 Å². The number of Topliss-reactive ketones (excluding diaryl/α,β-unsaturated/α-hetero) is 2. The Kier molecular flexibility index (Phi) is 8.59. The highest BCUT2D eigenvalue weighted by molar-refractivity contribution is 5.83. The van der Waals surface area contributed by atoms with E-state index in [0.29, 0.717) is 37.6 Å². The van der Waals surface area contributed by atoms with Crippen LogP contribution in [0, 0.1) is 11.8 Å². The summed E-state index contributed by atoms with van der Waals surface area (Å²) in [6.45, 7) is 6.91. The Labute approximate surface area is 214 Å². The Morgan fingerprint density at radius 3 is 1.47 bits per heavy atom. The number of piperidine rings is 2. The number of nitrogens with zero attached hydrogens (tertiary/aromatic N) is 2. The Bertz CT molecular complexity index is 917. The molecule has 2 aromatic carbocycles. The first-order valence-electron chi connectivity index (χ1n) is 13.5. The molecule has 4 heterocycles. The largest absolute Gasteiger partial charge is 0.377 e. The topological polar surface area (TPSA) is 59.1 Å². The lowest BCUT2D eigenvalue weighted by molar-refractivity contribution is -0.143. The zero-order valence-corrected chi connectivity index (χ0v) is 21.1. The second-order valence-electron chi connectivity index (χ2n) is 10.5. The molecule has 4 aliphatic rings. The molecule has 0 saturated carbocycles. The van der Waals surface area contributed by atoms with Crippen LogP contribution >= 0.6 is 0 Å². The van der Waals surface area contributed by atoms with Crippen LogP contribution in [0.5, 0.6) is 0 Å². The second-order valence-corrected chi connectivity index (χ2v) is 10.5. The summed E-state index contributed by atoms with van der Waals surface area (Å²) in [6, 6.07) is 20.9. The standard InChI is InChI=1S/2C15H19NO2/c2*17-14-7-9-18-15-6-8-16(11-13(14)15)10-12-4-2-1-3-5-12/h2*1-5,13,15H,6-11H2/t2*13-,15+/m10/s1. The van der Waals surface area contributed by atoms with Gasteiger partial charge in [-0.1, -0.05) is 60.7 Å². The highest BCUT2D eigenvalue weighted by Crippen LogP contribution is 2.28. The van der Waals surface area contributed by atoms with E-state index in [9.17, 15) is 9.59 Å². The first-order valence-corrected chi connectivity index (χ1v) is 13.5.